The van der Waals surface area contributed by atoms with Crippen molar-refractivity contribution in [3.8, 4) is 11.5 Å². The van der Waals surface area contributed by atoms with Gasteiger partial charge in [0.15, 0.2) is 22.8 Å². The summed E-state index contributed by atoms with van der Waals surface area (Å²) < 4.78 is 13.6. The molecule has 0 spiro atoms. The number of hydrogen-bond acceptors (Lipinski definition) is 5. The van der Waals surface area contributed by atoms with Crippen molar-refractivity contribution in [3.63, 3.8) is 0 Å². The van der Waals surface area contributed by atoms with Crippen molar-refractivity contribution >= 4 is 34.3 Å². The van der Waals surface area contributed by atoms with Gasteiger partial charge >= 0.3 is 0 Å². The van der Waals surface area contributed by atoms with E-state index in [1.807, 2.05) is 66.7 Å². The van der Waals surface area contributed by atoms with Crippen LogP contribution in [0.3, 0.4) is 0 Å². The normalized spacial score (nSPS) is 15.2. The van der Waals surface area contributed by atoms with Crippen LogP contribution in [0.1, 0.15) is 5.56 Å². The second-order valence-corrected chi connectivity index (χ2v) is 8.55. The van der Waals surface area contributed by atoms with E-state index >= 15 is 0 Å². The largest absolute Gasteiger partial charge is 0.486 e. The van der Waals surface area contributed by atoms with Crippen LogP contribution < -0.4 is 15.0 Å². The van der Waals surface area contributed by atoms with E-state index in [-0.39, 0.29) is 11.7 Å². The van der Waals surface area contributed by atoms with Gasteiger partial charge in [0.1, 0.15) is 6.61 Å². The lowest BCUT2D eigenvalue weighted by molar-refractivity contribution is 0.0757. The molecule has 1 aliphatic rings. The number of aromatic nitrogens is 2. The third-order valence-electron chi connectivity index (χ3n) is 5.09. The molecule has 0 saturated heterocycles. The van der Waals surface area contributed by atoms with E-state index in [4.69, 9.17) is 26.1 Å². The number of hydrogen-bond donors (Lipinski definition) is 0. The molecule has 1 atom stereocenters. The molecule has 5 nitrogen and oxygen atoms in total. The summed E-state index contributed by atoms with van der Waals surface area (Å²) in [4.78, 5) is 18.1. The third kappa shape index (κ3) is 4.13. The average molecular weight is 451 g/mol. The van der Waals surface area contributed by atoms with Gasteiger partial charge in [-0.05, 0) is 35.9 Å². The van der Waals surface area contributed by atoms with Crippen molar-refractivity contribution in [2.75, 3.05) is 6.61 Å². The van der Waals surface area contributed by atoms with E-state index in [0.29, 0.717) is 45.7 Å². The molecule has 1 unspecified atom stereocenters. The maximum absolute atomic E-state index is 13.3. The molecule has 2 heterocycles. The minimum absolute atomic E-state index is 0.0882. The van der Waals surface area contributed by atoms with Crippen molar-refractivity contribution in [1.82, 2.24) is 9.55 Å². The topological polar surface area (TPSA) is 53.4 Å². The van der Waals surface area contributed by atoms with Crippen LogP contribution in [0, 0.1) is 0 Å². The number of ether oxygens (including phenoxy) is 2. The van der Waals surface area contributed by atoms with Crippen molar-refractivity contribution in [2.45, 2.75) is 23.6 Å². The lowest BCUT2D eigenvalue weighted by Crippen LogP contribution is -2.37. The quantitative estimate of drug-likeness (QED) is 0.309. The molecule has 3 aromatic carbocycles. The van der Waals surface area contributed by atoms with Gasteiger partial charge < -0.3 is 9.47 Å². The number of halogens is 1. The molecular weight excluding hydrogens is 432 g/mol. The Morgan fingerprint density at radius 2 is 1.74 bits per heavy atom. The lowest BCUT2D eigenvalue weighted by atomic mass is 10.2. The van der Waals surface area contributed by atoms with E-state index in [2.05, 4.69) is 0 Å². The standard InChI is InChI=1S/C24H19ClN2O3S/c25-19-9-3-1-7-16(19)15-31-24-26-20-10-4-2-8-18(20)23(28)27(24)13-17-14-29-21-11-5-6-12-22(21)30-17/h1-12,17H,13-15H2. The number of benzene rings is 3. The second-order valence-electron chi connectivity index (χ2n) is 7.20. The van der Waals surface area contributed by atoms with E-state index in [0.717, 1.165) is 11.3 Å². The third-order valence-corrected chi connectivity index (χ3v) is 6.49. The summed E-state index contributed by atoms with van der Waals surface area (Å²) >= 11 is 7.81. The van der Waals surface area contributed by atoms with Gasteiger partial charge in [-0.2, -0.15) is 0 Å². The minimum atomic E-state index is -0.296. The highest BCUT2D eigenvalue weighted by atomic mass is 35.5. The Labute approximate surface area is 188 Å². The number of fused-ring (bicyclic) bond motifs is 2. The van der Waals surface area contributed by atoms with Crippen molar-refractivity contribution in [3.05, 3.63) is 93.7 Å². The van der Waals surface area contributed by atoms with Crippen LogP contribution in [0.5, 0.6) is 11.5 Å². The smallest absolute Gasteiger partial charge is 0.262 e. The van der Waals surface area contributed by atoms with E-state index in [1.165, 1.54) is 11.8 Å². The summed E-state index contributed by atoms with van der Waals surface area (Å²) in [5.41, 5.74) is 1.58. The van der Waals surface area contributed by atoms with Gasteiger partial charge in [-0.1, -0.05) is 65.8 Å². The fourth-order valence-corrected chi connectivity index (χ4v) is 4.83. The van der Waals surface area contributed by atoms with E-state index < -0.39 is 0 Å². The number of nitrogens with zero attached hydrogens (tertiary/aromatic N) is 2. The molecule has 0 amide bonds. The van der Waals surface area contributed by atoms with Crippen LogP contribution in [0.25, 0.3) is 10.9 Å². The molecule has 0 fully saturated rings. The predicted molar refractivity (Wildman–Crippen MR) is 123 cm³/mol. The number of para-hydroxylation sites is 3. The molecule has 7 heteroatoms. The zero-order chi connectivity index (χ0) is 21.2. The first-order valence-corrected chi connectivity index (χ1v) is 11.3. The summed E-state index contributed by atoms with van der Waals surface area (Å²) in [5.74, 6) is 2.01. The summed E-state index contributed by atoms with van der Waals surface area (Å²) in [6.07, 6.45) is -0.296. The first-order valence-electron chi connectivity index (χ1n) is 9.93. The fraction of sp³-hybridized carbons (Fsp3) is 0.167. The van der Waals surface area contributed by atoms with E-state index in [9.17, 15) is 4.79 Å². The van der Waals surface area contributed by atoms with Crippen molar-refractivity contribution in [1.29, 1.82) is 0 Å². The van der Waals surface area contributed by atoms with Crippen LogP contribution in [-0.2, 0) is 12.3 Å². The Morgan fingerprint density at radius 3 is 2.61 bits per heavy atom. The molecule has 31 heavy (non-hydrogen) atoms. The lowest BCUT2D eigenvalue weighted by Gasteiger charge is -2.27. The number of thioether (sulfide) groups is 1. The molecule has 5 rings (SSSR count). The molecule has 0 radical (unpaired) electrons. The average Bonchev–Trinajstić information content (AvgIpc) is 2.80. The first kappa shape index (κ1) is 20.0. The molecule has 0 bridgehead atoms. The zero-order valence-electron chi connectivity index (χ0n) is 16.5. The van der Waals surface area contributed by atoms with E-state index in [1.54, 1.807) is 10.6 Å². The molecule has 0 N–H and O–H groups in total. The Kier molecular flexibility index (Phi) is 5.57. The second kappa shape index (κ2) is 8.65. The van der Waals surface area contributed by atoms with Crippen molar-refractivity contribution in [2.24, 2.45) is 0 Å². The van der Waals surface area contributed by atoms with Gasteiger partial charge in [-0.3, -0.25) is 9.36 Å². The van der Waals surface area contributed by atoms with Crippen LogP contribution in [0.4, 0.5) is 0 Å². The monoisotopic (exact) mass is 450 g/mol. The highest BCUT2D eigenvalue weighted by Crippen LogP contribution is 2.32. The molecular formula is C24H19ClN2O3S. The van der Waals surface area contributed by atoms with Crippen LogP contribution in [0.2, 0.25) is 5.02 Å². The van der Waals surface area contributed by atoms with Crippen LogP contribution in [0.15, 0.2) is 82.7 Å². The highest BCUT2D eigenvalue weighted by Gasteiger charge is 2.23. The maximum Gasteiger partial charge on any atom is 0.262 e. The van der Waals surface area contributed by atoms with Gasteiger partial charge in [-0.25, -0.2) is 4.98 Å². The molecule has 0 saturated carbocycles. The molecule has 4 aromatic rings. The fourth-order valence-electron chi connectivity index (χ4n) is 3.53. The highest BCUT2D eigenvalue weighted by molar-refractivity contribution is 7.98. The predicted octanol–water partition coefficient (Wildman–Crippen LogP) is 5.18. The minimum Gasteiger partial charge on any atom is -0.486 e. The first-order chi connectivity index (χ1) is 15.2. The van der Waals surface area contributed by atoms with Gasteiger partial charge in [-0.15, -0.1) is 0 Å². The van der Waals surface area contributed by atoms with Crippen LogP contribution >= 0.6 is 23.4 Å². The van der Waals surface area contributed by atoms with Gasteiger partial charge in [0.05, 0.1) is 17.4 Å². The Bertz CT molecular complexity index is 1310. The Morgan fingerprint density at radius 1 is 1.00 bits per heavy atom. The Hall–Kier alpha value is -2.96. The number of rotatable bonds is 5. The zero-order valence-corrected chi connectivity index (χ0v) is 18.1. The Balaban J connectivity index is 1.48. The van der Waals surface area contributed by atoms with Crippen LogP contribution in [-0.4, -0.2) is 22.3 Å². The molecule has 0 aliphatic carbocycles. The van der Waals surface area contributed by atoms with Gasteiger partial charge in [0.25, 0.3) is 5.56 Å². The molecule has 1 aromatic heterocycles. The molecule has 1 aliphatic heterocycles. The maximum atomic E-state index is 13.3. The molecule has 156 valence electrons. The van der Waals surface area contributed by atoms with Crippen molar-refractivity contribution < 1.29 is 9.47 Å². The summed E-state index contributed by atoms with van der Waals surface area (Å²) in [5, 5.41) is 1.91. The van der Waals surface area contributed by atoms with Gasteiger partial charge in [0.2, 0.25) is 0 Å². The SMILES string of the molecule is O=c1c2ccccc2nc(SCc2ccccc2Cl)n1CC1COc2ccccc2O1. The van der Waals surface area contributed by atoms with Gasteiger partial charge in [0, 0.05) is 10.8 Å². The summed E-state index contributed by atoms with van der Waals surface area (Å²) in [7, 11) is 0. The summed E-state index contributed by atoms with van der Waals surface area (Å²) in [6, 6.07) is 22.6. The summed E-state index contributed by atoms with van der Waals surface area (Å²) in [6.45, 7) is 0.709.